The maximum atomic E-state index is 5.68. The van der Waals surface area contributed by atoms with Crippen molar-refractivity contribution in [3.8, 4) is 0 Å². The van der Waals surface area contributed by atoms with Crippen molar-refractivity contribution in [1.29, 1.82) is 0 Å². The van der Waals surface area contributed by atoms with Crippen LogP contribution in [0.15, 0.2) is 18.3 Å². The summed E-state index contributed by atoms with van der Waals surface area (Å²) in [5.74, 6) is 0. The van der Waals surface area contributed by atoms with E-state index in [0.29, 0.717) is 6.04 Å². The maximum absolute atomic E-state index is 5.68. The standard InChI is InChI=1S/C12H23N3/c1-12(2,7-8-13)11(15(3)4)10-6-5-9-14-10/h5-6,9,11,14H,7-8,13H2,1-4H3. The van der Waals surface area contributed by atoms with Gasteiger partial charge in [0, 0.05) is 11.9 Å². The van der Waals surface area contributed by atoms with Crippen LogP contribution in [-0.4, -0.2) is 30.5 Å². The topological polar surface area (TPSA) is 45.0 Å². The van der Waals surface area contributed by atoms with E-state index >= 15 is 0 Å². The summed E-state index contributed by atoms with van der Waals surface area (Å²) >= 11 is 0. The van der Waals surface area contributed by atoms with Crippen molar-refractivity contribution in [2.75, 3.05) is 20.6 Å². The van der Waals surface area contributed by atoms with Gasteiger partial charge in [-0.15, -0.1) is 0 Å². The molecule has 0 saturated carbocycles. The highest BCUT2D eigenvalue weighted by molar-refractivity contribution is 5.12. The average molecular weight is 209 g/mol. The van der Waals surface area contributed by atoms with E-state index in [1.165, 1.54) is 5.69 Å². The molecular weight excluding hydrogens is 186 g/mol. The number of aromatic amines is 1. The molecule has 86 valence electrons. The first kappa shape index (κ1) is 12.3. The van der Waals surface area contributed by atoms with Crippen molar-refractivity contribution in [1.82, 2.24) is 9.88 Å². The SMILES string of the molecule is CN(C)C(c1ccc[nH]1)C(C)(C)CCN. The monoisotopic (exact) mass is 209 g/mol. The van der Waals surface area contributed by atoms with E-state index in [0.717, 1.165) is 13.0 Å². The summed E-state index contributed by atoms with van der Waals surface area (Å²) in [6.07, 6.45) is 3.00. The molecule has 0 fully saturated rings. The van der Waals surface area contributed by atoms with Crippen LogP contribution >= 0.6 is 0 Å². The molecule has 0 aliphatic heterocycles. The van der Waals surface area contributed by atoms with Crippen LogP contribution in [0.5, 0.6) is 0 Å². The minimum atomic E-state index is 0.184. The Morgan fingerprint density at radius 3 is 2.53 bits per heavy atom. The molecule has 0 saturated heterocycles. The Labute approximate surface area is 92.7 Å². The summed E-state index contributed by atoms with van der Waals surface area (Å²) < 4.78 is 0. The third-order valence-electron chi connectivity index (χ3n) is 2.96. The smallest absolute Gasteiger partial charge is 0.0545 e. The lowest BCUT2D eigenvalue weighted by atomic mass is 9.79. The average Bonchev–Trinajstić information content (AvgIpc) is 2.55. The highest BCUT2D eigenvalue weighted by atomic mass is 15.1. The van der Waals surface area contributed by atoms with Crippen molar-refractivity contribution in [3.05, 3.63) is 24.0 Å². The molecule has 3 N–H and O–H groups in total. The van der Waals surface area contributed by atoms with E-state index in [1.54, 1.807) is 0 Å². The van der Waals surface area contributed by atoms with E-state index in [-0.39, 0.29) is 5.41 Å². The number of rotatable bonds is 5. The van der Waals surface area contributed by atoms with E-state index in [9.17, 15) is 0 Å². The summed E-state index contributed by atoms with van der Waals surface area (Å²) in [6.45, 7) is 5.27. The largest absolute Gasteiger partial charge is 0.364 e. The van der Waals surface area contributed by atoms with E-state index in [1.807, 2.05) is 12.3 Å². The van der Waals surface area contributed by atoms with Crippen molar-refractivity contribution in [2.24, 2.45) is 11.1 Å². The molecule has 0 aliphatic rings. The van der Waals surface area contributed by atoms with Gasteiger partial charge < -0.3 is 15.6 Å². The van der Waals surface area contributed by atoms with E-state index in [4.69, 9.17) is 5.73 Å². The molecule has 15 heavy (non-hydrogen) atoms. The second-order valence-corrected chi connectivity index (χ2v) is 5.02. The number of aromatic nitrogens is 1. The third-order valence-corrected chi connectivity index (χ3v) is 2.96. The molecule has 1 unspecified atom stereocenters. The molecule has 0 amide bonds. The van der Waals surface area contributed by atoms with Gasteiger partial charge in [0.15, 0.2) is 0 Å². The number of nitrogens with one attached hydrogen (secondary N) is 1. The molecule has 0 bridgehead atoms. The normalized spacial score (nSPS) is 14.5. The Hall–Kier alpha value is -0.800. The molecule has 0 radical (unpaired) electrons. The highest BCUT2D eigenvalue weighted by Crippen LogP contribution is 2.38. The third kappa shape index (κ3) is 2.83. The number of nitrogens with two attached hydrogens (primary N) is 1. The zero-order chi connectivity index (χ0) is 11.5. The lowest BCUT2D eigenvalue weighted by Gasteiger charge is -2.38. The van der Waals surface area contributed by atoms with Crippen LogP contribution in [-0.2, 0) is 0 Å². The summed E-state index contributed by atoms with van der Waals surface area (Å²) in [5, 5.41) is 0. The van der Waals surface area contributed by atoms with Gasteiger partial charge in [0.2, 0.25) is 0 Å². The van der Waals surface area contributed by atoms with Crippen molar-refractivity contribution in [2.45, 2.75) is 26.3 Å². The van der Waals surface area contributed by atoms with Crippen LogP contribution in [0.3, 0.4) is 0 Å². The van der Waals surface area contributed by atoms with Gasteiger partial charge in [-0.25, -0.2) is 0 Å². The number of hydrogen-bond acceptors (Lipinski definition) is 2. The molecule has 0 spiro atoms. The molecule has 3 heteroatoms. The van der Waals surface area contributed by atoms with Crippen molar-refractivity contribution < 1.29 is 0 Å². The molecule has 1 heterocycles. The predicted octanol–water partition coefficient (Wildman–Crippen LogP) is 1.99. The second-order valence-electron chi connectivity index (χ2n) is 5.02. The van der Waals surface area contributed by atoms with Crippen LogP contribution < -0.4 is 5.73 Å². The zero-order valence-corrected chi connectivity index (χ0v) is 10.2. The summed E-state index contributed by atoms with van der Waals surface area (Å²) in [5.41, 5.74) is 7.12. The van der Waals surface area contributed by atoms with Crippen LogP contribution in [0.4, 0.5) is 0 Å². The Morgan fingerprint density at radius 2 is 2.13 bits per heavy atom. The number of H-pyrrole nitrogens is 1. The van der Waals surface area contributed by atoms with Gasteiger partial charge in [-0.2, -0.15) is 0 Å². The van der Waals surface area contributed by atoms with Gasteiger partial charge >= 0.3 is 0 Å². The second kappa shape index (κ2) is 4.81. The van der Waals surface area contributed by atoms with Gasteiger partial charge in [0.25, 0.3) is 0 Å². The quantitative estimate of drug-likeness (QED) is 0.779. The lowest BCUT2D eigenvalue weighted by molar-refractivity contribution is 0.125. The van der Waals surface area contributed by atoms with Crippen LogP contribution in [0, 0.1) is 5.41 Å². The molecular formula is C12H23N3. The van der Waals surface area contributed by atoms with Crippen molar-refractivity contribution in [3.63, 3.8) is 0 Å². The Kier molecular flexibility index (Phi) is 3.94. The molecule has 1 aromatic rings. The Morgan fingerprint density at radius 1 is 1.47 bits per heavy atom. The highest BCUT2D eigenvalue weighted by Gasteiger charge is 2.32. The molecule has 3 nitrogen and oxygen atoms in total. The van der Waals surface area contributed by atoms with Gasteiger partial charge in [-0.05, 0) is 44.6 Å². The lowest BCUT2D eigenvalue weighted by Crippen LogP contribution is -2.35. The summed E-state index contributed by atoms with van der Waals surface area (Å²) in [6, 6.07) is 4.57. The van der Waals surface area contributed by atoms with Crippen molar-refractivity contribution >= 4 is 0 Å². The molecule has 1 atom stereocenters. The minimum Gasteiger partial charge on any atom is -0.364 e. The fourth-order valence-electron chi connectivity index (χ4n) is 2.42. The maximum Gasteiger partial charge on any atom is 0.0545 e. The first-order valence-electron chi connectivity index (χ1n) is 5.49. The first-order chi connectivity index (χ1) is 6.99. The summed E-state index contributed by atoms with van der Waals surface area (Å²) in [4.78, 5) is 5.55. The van der Waals surface area contributed by atoms with E-state index in [2.05, 4.69) is 43.9 Å². The Balaban J connectivity index is 2.93. The van der Waals surface area contributed by atoms with Crippen LogP contribution in [0.25, 0.3) is 0 Å². The van der Waals surface area contributed by atoms with Gasteiger partial charge in [0.1, 0.15) is 0 Å². The predicted molar refractivity (Wildman–Crippen MR) is 64.7 cm³/mol. The van der Waals surface area contributed by atoms with E-state index < -0.39 is 0 Å². The molecule has 1 rings (SSSR count). The first-order valence-corrected chi connectivity index (χ1v) is 5.49. The van der Waals surface area contributed by atoms with Crippen LogP contribution in [0.2, 0.25) is 0 Å². The Bertz CT molecular complexity index is 275. The molecule has 1 aromatic heterocycles. The van der Waals surface area contributed by atoms with Gasteiger partial charge in [0.05, 0.1) is 6.04 Å². The van der Waals surface area contributed by atoms with Crippen LogP contribution in [0.1, 0.15) is 32.0 Å². The number of hydrogen-bond donors (Lipinski definition) is 2. The molecule has 0 aliphatic carbocycles. The molecule has 0 aromatic carbocycles. The minimum absolute atomic E-state index is 0.184. The fourth-order valence-corrected chi connectivity index (χ4v) is 2.42. The van der Waals surface area contributed by atoms with Gasteiger partial charge in [-0.3, -0.25) is 0 Å². The zero-order valence-electron chi connectivity index (χ0n) is 10.2. The van der Waals surface area contributed by atoms with Gasteiger partial charge in [-0.1, -0.05) is 13.8 Å². The number of nitrogens with zero attached hydrogens (tertiary/aromatic N) is 1. The fraction of sp³-hybridized carbons (Fsp3) is 0.667. The summed E-state index contributed by atoms with van der Waals surface area (Å²) in [7, 11) is 4.23.